The smallest absolute Gasteiger partial charge is 0.221 e. The van der Waals surface area contributed by atoms with E-state index in [4.69, 9.17) is 4.42 Å². The molecule has 0 unspecified atom stereocenters. The molecule has 2 rings (SSSR count). The summed E-state index contributed by atoms with van der Waals surface area (Å²) in [6.07, 6.45) is 3.05. The predicted molar refractivity (Wildman–Crippen MR) is 64.6 cm³/mol. The van der Waals surface area contributed by atoms with Crippen molar-refractivity contribution in [1.29, 1.82) is 0 Å². The molecule has 0 aliphatic rings. The SMILES string of the molecule is CC(=O)Nc1cccc(NCc2cnco2)c1. The molecule has 17 heavy (non-hydrogen) atoms. The number of nitrogens with zero attached hydrogens (tertiary/aromatic N) is 1. The number of carbonyl (C=O) groups excluding carboxylic acids is 1. The lowest BCUT2D eigenvalue weighted by atomic mass is 10.2. The molecule has 0 fully saturated rings. The van der Waals surface area contributed by atoms with Crippen molar-refractivity contribution in [3.05, 3.63) is 42.6 Å². The molecule has 1 amide bonds. The molecule has 1 heterocycles. The highest BCUT2D eigenvalue weighted by Crippen LogP contribution is 2.15. The zero-order valence-corrected chi connectivity index (χ0v) is 9.43. The molecule has 0 atom stereocenters. The van der Waals surface area contributed by atoms with E-state index in [0.29, 0.717) is 6.54 Å². The van der Waals surface area contributed by atoms with Gasteiger partial charge in [0, 0.05) is 18.3 Å². The zero-order valence-electron chi connectivity index (χ0n) is 9.43. The van der Waals surface area contributed by atoms with Gasteiger partial charge in [-0.1, -0.05) is 6.07 Å². The van der Waals surface area contributed by atoms with Crippen LogP contribution in [-0.4, -0.2) is 10.9 Å². The van der Waals surface area contributed by atoms with E-state index in [1.54, 1.807) is 6.20 Å². The van der Waals surface area contributed by atoms with E-state index in [2.05, 4.69) is 15.6 Å². The predicted octanol–water partition coefficient (Wildman–Crippen LogP) is 2.25. The summed E-state index contributed by atoms with van der Waals surface area (Å²) < 4.78 is 5.11. The van der Waals surface area contributed by atoms with Crippen LogP contribution < -0.4 is 10.6 Å². The first-order valence-corrected chi connectivity index (χ1v) is 5.23. The number of aromatic nitrogens is 1. The maximum Gasteiger partial charge on any atom is 0.221 e. The summed E-state index contributed by atoms with van der Waals surface area (Å²) >= 11 is 0. The lowest BCUT2D eigenvalue weighted by Gasteiger charge is -2.07. The van der Waals surface area contributed by atoms with Crippen molar-refractivity contribution in [1.82, 2.24) is 4.98 Å². The number of carbonyl (C=O) groups is 1. The van der Waals surface area contributed by atoms with Gasteiger partial charge in [0.2, 0.25) is 5.91 Å². The fraction of sp³-hybridized carbons (Fsp3) is 0.167. The largest absolute Gasteiger partial charge is 0.447 e. The van der Waals surface area contributed by atoms with E-state index in [1.165, 1.54) is 13.3 Å². The summed E-state index contributed by atoms with van der Waals surface area (Å²) in [5.41, 5.74) is 1.67. The minimum Gasteiger partial charge on any atom is -0.447 e. The van der Waals surface area contributed by atoms with Crippen molar-refractivity contribution in [2.24, 2.45) is 0 Å². The number of hydrogen-bond donors (Lipinski definition) is 2. The first-order valence-electron chi connectivity index (χ1n) is 5.23. The molecule has 0 bridgehead atoms. The summed E-state index contributed by atoms with van der Waals surface area (Å²) in [7, 11) is 0. The summed E-state index contributed by atoms with van der Waals surface area (Å²) in [5, 5.41) is 5.90. The highest BCUT2D eigenvalue weighted by molar-refractivity contribution is 5.89. The Kier molecular flexibility index (Phi) is 3.40. The molecule has 2 aromatic rings. The Morgan fingerprint density at radius 1 is 1.41 bits per heavy atom. The van der Waals surface area contributed by atoms with Gasteiger partial charge in [-0.25, -0.2) is 4.98 Å². The summed E-state index contributed by atoms with van der Waals surface area (Å²) in [4.78, 5) is 14.7. The maximum absolute atomic E-state index is 10.9. The topological polar surface area (TPSA) is 67.2 Å². The van der Waals surface area contributed by atoms with Gasteiger partial charge in [-0.3, -0.25) is 4.79 Å². The van der Waals surface area contributed by atoms with Gasteiger partial charge in [-0.05, 0) is 18.2 Å². The minimum atomic E-state index is -0.0858. The van der Waals surface area contributed by atoms with Crippen LogP contribution in [-0.2, 0) is 11.3 Å². The number of hydrogen-bond acceptors (Lipinski definition) is 4. The van der Waals surface area contributed by atoms with E-state index >= 15 is 0 Å². The van der Waals surface area contributed by atoms with Crippen LogP contribution in [0.3, 0.4) is 0 Å². The normalized spacial score (nSPS) is 9.94. The van der Waals surface area contributed by atoms with Crippen molar-refractivity contribution >= 4 is 17.3 Å². The molecule has 1 aromatic carbocycles. The summed E-state index contributed by atoms with van der Waals surface area (Å²) in [5.74, 6) is 0.673. The van der Waals surface area contributed by atoms with E-state index < -0.39 is 0 Å². The Morgan fingerprint density at radius 2 is 2.24 bits per heavy atom. The Labute approximate surface area is 98.9 Å². The van der Waals surface area contributed by atoms with Crippen LogP contribution >= 0.6 is 0 Å². The number of anilines is 2. The molecule has 0 saturated carbocycles. The third-order valence-electron chi connectivity index (χ3n) is 2.13. The maximum atomic E-state index is 10.9. The van der Waals surface area contributed by atoms with Gasteiger partial charge in [0.15, 0.2) is 6.39 Å². The van der Waals surface area contributed by atoms with Crippen molar-refractivity contribution in [3.8, 4) is 0 Å². The average Bonchev–Trinajstić information content (AvgIpc) is 2.79. The molecule has 0 saturated heterocycles. The van der Waals surface area contributed by atoms with Crippen LogP contribution in [0.4, 0.5) is 11.4 Å². The van der Waals surface area contributed by atoms with E-state index in [9.17, 15) is 4.79 Å². The van der Waals surface area contributed by atoms with Gasteiger partial charge in [-0.15, -0.1) is 0 Å². The van der Waals surface area contributed by atoms with Crippen molar-refractivity contribution < 1.29 is 9.21 Å². The Hall–Kier alpha value is -2.30. The highest BCUT2D eigenvalue weighted by Gasteiger charge is 1.99. The average molecular weight is 231 g/mol. The minimum absolute atomic E-state index is 0.0858. The Morgan fingerprint density at radius 3 is 2.94 bits per heavy atom. The standard InChI is InChI=1S/C12H13N3O2/c1-9(16)15-11-4-2-3-10(5-11)14-7-12-6-13-8-17-12/h2-6,8,14H,7H2,1H3,(H,15,16). The lowest BCUT2D eigenvalue weighted by Crippen LogP contribution is -2.06. The molecular weight excluding hydrogens is 218 g/mol. The third-order valence-corrected chi connectivity index (χ3v) is 2.13. The zero-order chi connectivity index (χ0) is 12.1. The van der Waals surface area contributed by atoms with Crippen molar-refractivity contribution in [2.75, 3.05) is 10.6 Å². The Balaban J connectivity index is 1.98. The van der Waals surface area contributed by atoms with Crippen LogP contribution in [0, 0.1) is 0 Å². The number of nitrogens with one attached hydrogen (secondary N) is 2. The molecule has 2 N–H and O–H groups in total. The van der Waals surface area contributed by atoms with E-state index in [-0.39, 0.29) is 5.91 Å². The quantitative estimate of drug-likeness (QED) is 0.846. The van der Waals surface area contributed by atoms with Crippen LogP contribution in [0.1, 0.15) is 12.7 Å². The number of oxazole rings is 1. The second-order valence-electron chi connectivity index (χ2n) is 3.58. The number of benzene rings is 1. The molecule has 0 aliphatic carbocycles. The molecular formula is C12H13N3O2. The van der Waals surface area contributed by atoms with Gasteiger partial charge in [-0.2, -0.15) is 0 Å². The highest BCUT2D eigenvalue weighted by atomic mass is 16.3. The van der Waals surface area contributed by atoms with Crippen LogP contribution in [0.25, 0.3) is 0 Å². The first-order chi connectivity index (χ1) is 8.24. The van der Waals surface area contributed by atoms with E-state index in [0.717, 1.165) is 17.1 Å². The van der Waals surface area contributed by atoms with Gasteiger partial charge in [0.25, 0.3) is 0 Å². The van der Waals surface area contributed by atoms with Gasteiger partial charge in [0.1, 0.15) is 5.76 Å². The lowest BCUT2D eigenvalue weighted by molar-refractivity contribution is -0.114. The second-order valence-corrected chi connectivity index (χ2v) is 3.58. The second kappa shape index (κ2) is 5.16. The number of amides is 1. The number of rotatable bonds is 4. The monoisotopic (exact) mass is 231 g/mol. The fourth-order valence-electron chi connectivity index (χ4n) is 1.43. The van der Waals surface area contributed by atoms with Crippen molar-refractivity contribution in [2.45, 2.75) is 13.5 Å². The van der Waals surface area contributed by atoms with Crippen LogP contribution in [0.5, 0.6) is 0 Å². The fourth-order valence-corrected chi connectivity index (χ4v) is 1.43. The third kappa shape index (κ3) is 3.34. The molecule has 0 spiro atoms. The van der Waals surface area contributed by atoms with Gasteiger partial charge in [0.05, 0.1) is 12.7 Å². The van der Waals surface area contributed by atoms with Crippen LogP contribution in [0.15, 0.2) is 41.3 Å². The molecule has 88 valence electrons. The summed E-state index contributed by atoms with van der Waals surface area (Å²) in [6.45, 7) is 2.04. The van der Waals surface area contributed by atoms with Crippen molar-refractivity contribution in [3.63, 3.8) is 0 Å². The van der Waals surface area contributed by atoms with Gasteiger partial charge >= 0.3 is 0 Å². The summed E-state index contributed by atoms with van der Waals surface area (Å²) in [6, 6.07) is 7.48. The van der Waals surface area contributed by atoms with Gasteiger partial charge < -0.3 is 15.1 Å². The molecule has 0 radical (unpaired) electrons. The molecule has 5 heteroatoms. The Bertz CT molecular complexity index is 494. The molecule has 5 nitrogen and oxygen atoms in total. The first kappa shape index (κ1) is 11.2. The van der Waals surface area contributed by atoms with E-state index in [1.807, 2.05) is 24.3 Å². The van der Waals surface area contributed by atoms with Crippen LogP contribution in [0.2, 0.25) is 0 Å². The molecule has 1 aromatic heterocycles. The molecule has 0 aliphatic heterocycles.